The number of carbonyl (C=O) groups excluding carboxylic acids is 1. The largest absolute Gasteiger partial charge is 0.444 e. The summed E-state index contributed by atoms with van der Waals surface area (Å²) in [5, 5.41) is 6.01. The minimum atomic E-state index is -0.251. The maximum absolute atomic E-state index is 10.7. The van der Waals surface area contributed by atoms with E-state index in [2.05, 4.69) is 10.6 Å². The summed E-state index contributed by atoms with van der Waals surface area (Å²) in [6.45, 7) is 2.92. The quantitative estimate of drug-likeness (QED) is 0.656. The Morgan fingerprint density at radius 3 is 2.77 bits per heavy atom. The van der Waals surface area contributed by atoms with Crippen LogP contribution >= 0.6 is 0 Å². The molecule has 0 saturated carbocycles. The van der Waals surface area contributed by atoms with Crippen molar-refractivity contribution in [1.82, 2.24) is 10.6 Å². The van der Waals surface area contributed by atoms with Crippen molar-refractivity contribution in [2.24, 2.45) is 5.92 Å². The van der Waals surface area contributed by atoms with Gasteiger partial charge >= 0.3 is 6.09 Å². The molecule has 4 nitrogen and oxygen atoms in total. The van der Waals surface area contributed by atoms with Gasteiger partial charge in [-0.3, -0.25) is 0 Å². The van der Waals surface area contributed by atoms with E-state index in [9.17, 15) is 4.79 Å². The molecule has 1 amide bonds. The third-order valence-corrected chi connectivity index (χ3v) is 2.80. The van der Waals surface area contributed by atoms with Crippen molar-refractivity contribution in [3.8, 4) is 0 Å². The second-order valence-electron chi connectivity index (χ2n) is 3.84. The Labute approximate surface area is 78.0 Å². The molecule has 1 unspecified atom stereocenters. The molecule has 2 aliphatic rings. The highest BCUT2D eigenvalue weighted by atomic mass is 16.6. The predicted molar refractivity (Wildman–Crippen MR) is 48.5 cm³/mol. The van der Waals surface area contributed by atoms with Gasteiger partial charge in [0.2, 0.25) is 0 Å². The lowest BCUT2D eigenvalue weighted by atomic mass is 9.92. The summed E-state index contributed by atoms with van der Waals surface area (Å²) in [6, 6.07) is 0. The van der Waals surface area contributed by atoms with Crippen LogP contribution in [0.1, 0.15) is 19.3 Å². The number of alkyl carbamates (subject to hydrolysis) is 1. The molecule has 0 spiro atoms. The molecule has 2 heterocycles. The molecular weight excluding hydrogens is 168 g/mol. The molecule has 2 rings (SSSR count). The maximum atomic E-state index is 10.7. The highest BCUT2D eigenvalue weighted by Gasteiger charge is 2.26. The summed E-state index contributed by atoms with van der Waals surface area (Å²) >= 11 is 0. The highest BCUT2D eigenvalue weighted by molar-refractivity contribution is 5.69. The number of amides is 1. The number of rotatable bonds is 2. The van der Waals surface area contributed by atoms with E-state index >= 15 is 0 Å². The van der Waals surface area contributed by atoms with Crippen molar-refractivity contribution in [3.05, 3.63) is 0 Å². The second kappa shape index (κ2) is 3.96. The Morgan fingerprint density at radius 1 is 1.38 bits per heavy atom. The first-order chi connectivity index (χ1) is 6.34. The van der Waals surface area contributed by atoms with E-state index in [0.29, 0.717) is 6.54 Å². The Hall–Kier alpha value is -0.770. The van der Waals surface area contributed by atoms with E-state index in [1.807, 2.05) is 0 Å². The van der Waals surface area contributed by atoms with Gasteiger partial charge in [0.25, 0.3) is 0 Å². The van der Waals surface area contributed by atoms with Crippen LogP contribution in [-0.2, 0) is 4.74 Å². The Morgan fingerprint density at radius 2 is 2.15 bits per heavy atom. The molecule has 0 radical (unpaired) electrons. The summed E-state index contributed by atoms with van der Waals surface area (Å²) in [5.41, 5.74) is 0. The number of hydrogen-bond acceptors (Lipinski definition) is 3. The SMILES string of the molecule is O=C1NCC(CC2CCNCC2)O1. The topological polar surface area (TPSA) is 50.4 Å². The number of ether oxygens (including phenoxy) is 1. The fourth-order valence-electron chi connectivity index (χ4n) is 2.05. The first-order valence-electron chi connectivity index (χ1n) is 5.00. The average Bonchev–Trinajstić information content (AvgIpc) is 2.53. The van der Waals surface area contributed by atoms with Gasteiger partial charge in [-0.25, -0.2) is 4.79 Å². The van der Waals surface area contributed by atoms with E-state index in [1.54, 1.807) is 0 Å². The van der Waals surface area contributed by atoms with Gasteiger partial charge < -0.3 is 15.4 Å². The third-order valence-electron chi connectivity index (χ3n) is 2.80. The van der Waals surface area contributed by atoms with Crippen LogP contribution in [0.2, 0.25) is 0 Å². The van der Waals surface area contributed by atoms with E-state index in [-0.39, 0.29) is 12.2 Å². The number of cyclic esters (lactones) is 1. The smallest absolute Gasteiger partial charge is 0.407 e. The standard InChI is InChI=1S/C9H16N2O2/c12-9-11-6-8(13-9)5-7-1-3-10-4-2-7/h7-8,10H,1-6H2,(H,11,12). The van der Waals surface area contributed by atoms with Crippen molar-refractivity contribution < 1.29 is 9.53 Å². The zero-order valence-electron chi connectivity index (χ0n) is 7.71. The Kier molecular flexibility index (Phi) is 2.68. The van der Waals surface area contributed by atoms with Gasteiger partial charge in [0.1, 0.15) is 6.10 Å². The molecule has 2 saturated heterocycles. The minimum Gasteiger partial charge on any atom is -0.444 e. The molecule has 0 aromatic carbocycles. The zero-order chi connectivity index (χ0) is 9.10. The summed E-state index contributed by atoms with van der Waals surface area (Å²) in [4.78, 5) is 10.7. The van der Waals surface area contributed by atoms with Crippen molar-refractivity contribution in [2.75, 3.05) is 19.6 Å². The van der Waals surface area contributed by atoms with Crippen LogP contribution < -0.4 is 10.6 Å². The van der Waals surface area contributed by atoms with Gasteiger partial charge in [0, 0.05) is 0 Å². The number of hydrogen-bond donors (Lipinski definition) is 2. The monoisotopic (exact) mass is 184 g/mol. The van der Waals surface area contributed by atoms with Crippen LogP contribution in [-0.4, -0.2) is 31.8 Å². The molecule has 0 bridgehead atoms. The first-order valence-corrected chi connectivity index (χ1v) is 5.00. The Bertz CT molecular complexity index is 190. The lowest BCUT2D eigenvalue weighted by Crippen LogP contribution is -2.30. The summed E-state index contributed by atoms with van der Waals surface area (Å²) in [5.74, 6) is 0.735. The number of piperidine rings is 1. The molecule has 13 heavy (non-hydrogen) atoms. The number of nitrogens with one attached hydrogen (secondary N) is 2. The molecule has 74 valence electrons. The van der Waals surface area contributed by atoms with Crippen molar-refractivity contribution in [3.63, 3.8) is 0 Å². The second-order valence-corrected chi connectivity index (χ2v) is 3.84. The van der Waals surface area contributed by atoms with E-state index in [4.69, 9.17) is 4.74 Å². The molecular formula is C9H16N2O2. The van der Waals surface area contributed by atoms with E-state index in [0.717, 1.165) is 25.4 Å². The fourth-order valence-corrected chi connectivity index (χ4v) is 2.05. The molecule has 0 aliphatic carbocycles. The van der Waals surface area contributed by atoms with Crippen molar-refractivity contribution in [2.45, 2.75) is 25.4 Å². The third kappa shape index (κ3) is 2.34. The van der Waals surface area contributed by atoms with Gasteiger partial charge in [-0.15, -0.1) is 0 Å². The molecule has 2 fully saturated rings. The van der Waals surface area contributed by atoms with Crippen LogP contribution in [0.3, 0.4) is 0 Å². The van der Waals surface area contributed by atoms with Gasteiger partial charge in [-0.2, -0.15) is 0 Å². The highest BCUT2D eigenvalue weighted by Crippen LogP contribution is 2.20. The maximum Gasteiger partial charge on any atom is 0.407 e. The fraction of sp³-hybridized carbons (Fsp3) is 0.889. The average molecular weight is 184 g/mol. The normalized spacial score (nSPS) is 29.8. The lowest BCUT2D eigenvalue weighted by Gasteiger charge is -2.23. The number of carbonyl (C=O) groups is 1. The molecule has 0 aromatic rings. The zero-order valence-corrected chi connectivity index (χ0v) is 7.71. The van der Waals surface area contributed by atoms with Gasteiger partial charge in [0.05, 0.1) is 6.54 Å². The van der Waals surface area contributed by atoms with E-state index in [1.165, 1.54) is 12.8 Å². The van der Waals surface area contributed by atoms with Crippen LogP contribution in [0.4, 0.5) is 4.79 Å². The molecule has 0 aromatic heterocycles. The molecule has 2 aliphatic heterocycles. The first kappa shape index (κ1) is 8.81. The van der Waals surface area contributed by atoms with Crippen molar-refractivity contribution in [1.29, 1.82) is 0 Å². The van der Waals surface area contributed by atoms with Crippen molar-refractivity contribution >= 4 is 6.09 Å². The molecule has 4 heteroatoms. The van der Waals surface area contributed by atoms with Crippen LogP contribution in [0.5, 0.6) is 0 Å². The van der Waals surface area contributed by atoms with Gasteiger partial charge in [-0.05, 0) is 38.3 Å². The Balaban J connectivity index is 1.73. The van der Waals surface area contributed by atoms with Crippen LogP contribution in [0.15, 0.2) is 0 Å². The summed E-state index contributed by atoms with van der Waals surface area (Å²) in [6.07, 6.45) is 3.33. The van der Waals surface area contributed by atoms with Gasteiger partial charge in [-0.1, -0.05) is 0 Å². The van der Waals surface area contributed by atoms with E-state index < -0.39 is 0 Å². The molecule has 2 N–H and O–H groups in total. The molecule has 1 atom stereocenters. The van der Waals surface area contributed by atoms with Crippen LogP contribution in [0, 0.1) is 5.92 Å². The predicted octanol–water partition coefficient (Wildman–Crippen LogP) is 0.484. The lowest BCUT2D eigenvalue weighted by molar-refractivity contribution is 0.120. The van der Waals surface area contributed by atoms with Crippen LogP contribution in [0.25, 0.3) is 0 Å². The van der Waals surface area contributed by atoms with Gasteiger partial charge in [0.15, 0.2) is 0 Å². The minimum absolute atomic E-state index is 0.121. The summed E-state index contributed by atoms with van der Waals surface area (Å²) in [7, 11) is 0. The summed E-state index contributed by atoms with van der Waals surface area (Å²) < 4.78 is 5.09.